The van der Waals surface area contributed by atoms with Crippen molar-refractivity contribution in [3.63, 3.8) is 0 Å². The number of anilines is 1. The Bertz CT molecular complexity index is 826. The molecule has 7 heteroatoms. The molecule has 2 atom stereocenters. The van der Waals surface area contributed by atoms with Crippen LogP contribution >= 0.6 is 23.1 Å². The van der Waals surface area contributed by atoms with Crippen molar-refractivity contribution in [1.29, 1.82) is 0 Å². The van der Waals surface area contributed by atoms with Crippen LogP contribution in [0.15, 0.2) is 5.16 Å². The van der Waals surface area contributed by atoms with Gasteiger partial charge in [0.1, 0.15) is 15.9 Å². The Labute approximate surface area is 163 Å². The van der Waals surface area contributed by atoms with Gasteiger partial charge in [-0.3, -0.25) is 4.79 Å². The van der Waals surface area contributed by atoms with Crippen LogP contribution in [0.2, 0.25) is 0 Å². The van der Waals surface area contributed by atoms with Crippen LogP contribution < -0.4 is 5.73 Å². The highest BCUT2D eigenvalue weighted by Crippen LogP contribution is 2.44. The van der Waals surface area contributed by atoms with E-state index >= 15 is 0 Å². The number of aromatic nitrogens is 2. The van der Waals surface area contributed by atoms with Crippen LogP contribution in [-0.2, 0) is 22.4 Å². The van der Waals surface area contributed by atoms with Crippen LogP contribution in [0, 0.1) is 11.3 Å². The molecule has 142 valence electrons. The zero-order chi connectivity index (χ0) is 19.1. The van der Waals surface area contributed by atoms with Gasteiger partial charge in [0.05, 0.1) is 12.0 Å². The fraction of sp³-hybridized carbons (Fsp3) is 0.632. The number of aryl methyl sites for hydroxylation is 1. The number of carbonyl (C=O) groups is 1. The number of nitrogens with two attached hydrogens (primary N) is 1. The maximum atomic E-state index is 11.9. The van der Waals surface area contributed by atoms with Gasteiger partial charge in [-0.15, -0.1) is 11.3 Å². The Morgan fingerprint density at radius 3 is 2.81 bits per heavy atom. The van der Waals surface area contributed by atoms with E-state index < -0.39 is 0 Å². The smallest absolute Gasteiger partial charge is 0.319 e. The monoisotopic (exact) mass is 393 g/mol. The summed E-state index contributed by atoms with van der Waals surface area (Å²) in [5.41, 5.74) is 7.92. The van der Waals surface area contributed by atoms with E-state index in [0.717, 1.165) is 23.1 Å². The fourth-order valence-electron chi connectivity index (χ4n) is 3.44. The van der Waals surface area contributed by atoms with Crippen molar-refractivity contribution < 1.29 is 9.53 Å². The molecule has 26 heavy (non-hydrogen) atoms. The van der Waals surface area contributed by atoms with Crippen LogP contribution in [0.3, 0.4) is 0 Å². The van der Waals surface area contributed by atoms with Crippen molar-refractivity contribution in [3.8, 4) is 0 Å². The lowest BCUT2D eigenvalue weighted by Crippen LogP contribution is -2.26. The lowest BCUT2D eigenvalue weighted by atomic mass is 9.72. The summed E-state index contributed by atoms with van der Waals surface area (Å²) in [7, 11) is 0. The standard InChI is InChI=1S/C19H27N3O2S2/c1-6-24-17(23)10(2)25-18-21-15(20)14-12-8-7-11(19(3,4)5)9-13(12)26-16(14)22-18/h10-11H,6-9H2,1-5H3,(H2,20,21,22)/t10-,11?/m1/s1. The number of ether oxygens (including phenoxy) is 1. The second-order valence-corrected chi connectivity index (χ2v) is 10.3. The number of rotatable bonds is 4. The Morgan fingerprint density at radius 2 is 2.15 bits per heavy atom. The molecule has 2 heterocycles. The zero-order valence-electron chi connectivity index (χ0n) is 16.1. The van der Waals surface area contributed by atoms with Crippen LogP contribution in [0.25, 0.3) is 10.2 Å². The number of hydrogen-bond donors (Lipinski definition) is 1. The highest BCUT2D eigenvalue weighted by Gasteiger charge is 2.31. The van der Waals surface area contributed by atoms with Crippen LogP contribution in [-0.4, -0.2) is 27.8 Å². The molecule has 0 aromatic carbocycles. The van der Waals surface area contributed by atoms with Crippen molar-refractivity contribution in [2.45, 2.75) is 64.3 Å². The molecule has 1 unspecified atom stereocenters. The van der Waals surface area contributed by atoms with Crippen molar-refractivity contribution in [3.05, 3.63) is 10.4 Å². The quantitative estimate of drug-likeness (QED) is 0.469. The SMILES string of the molecule is CCOC(=O)[C@@H](C)Sc1nc(N)c2c3c(sc2n1)CC(C(C)(C)C)CC3. The Balaban J connectivity index is 1.90. The van der Waals surface area contributed by atoms with Crippen molar-refractivity contribution >= 4 is 45.1 Å². The highest BCUT2D eigenvalue weighted by atomic mass is 32.2. The molecule has 0 bridgehead atoms. The number of fused-ring (bicyclic) bond motifs is 3. The van der Waals surface area contributed by atoms with E-state index in [1.54, 1.807) is 25.2 Å². The first-order chi connectivity index (χ1) is 12.2. The lowest BCUT2D eigenvalue weighted by Gasteiger charge is -2.33. The fourth-order valence-corrected chi connectivity index (χ4v) is 5.58. The van der Waals surface area contributed by atoms with Gasteiger partial charge >= 0.3 is 5.97 Å². The van der Waals surface area contributed by atoms with E-state index in [1.165, 1.54) is 28.6 Å². The summed E-state index contributed by atoms with van der Waals surface area (Å²) in [6.07, 6.45) is 3.30. The molecule has 2 aromatic rings. The van der Waals surface area contributed by atoms with Gasteiger partial charge in [-0.1, -0.05) is 32.5 Å². The van der Waals surface area contributed by atoms with Gasteiger partial charge in [0.15, 0.2) is 5.16 Å². The molecule has 0 aliphatic heterocycles. The summed E-state index contributed by atoms with van der Waals surface area (Å²) in [5.74, 6) is 0.952. The number of esters is 1. The van der Waals surface area contributed by atoms with Gasteiger partial charge < -0.3 is 10.5 Å². The zero-order valence-corrected chi connectivity index (χ0v) is 17.7. The minimum absolute atomic E-state index is 0.252. The lowest BCUT2D eigenvalue weighted by molar-refractivity contribution is -0.142. The van der Waals surface area contributed by atoms with E-state index in [0.29, 0.717) is 28.9 Å². The second-order valence-electron chi connectivity index (χ2n) is 7.89. The summed E-state index contributed by atoms with van der Waals surface area (Å²) >= 11 is 3.03. The Hall–Kier alpha value is -1.34. The predicted octanol–water partition coefficient (Wildman–Crippen LogP) is 4.47. The summed E-state index contributed by atoms with van der Waals surface area (Å²) in [4.78, 5) is 23.3. The van der Waals surface area contributed by atoms with Crippen molar-refractivity contribution in [2.24, 2.45) is 11.3 Å². The van der Waals surface area contributed by atoms with E-state index in [1.807, 2.05) is 0 Å². The van der Waals surface area contributed by atoms with Gasteiger partial charge in [-0.05, 0) is 50.0 Å². The second kappa shape index (κ2) is 7.35. The summed E-state index contributed by atoms with van der Waals surface area (Å²) in [6.45, 7) is 10.9. The first kappa shape index (κ1) is 19.4. The van der Waals surface area contributed by atoms with Crippen molar-refractivity contribution in [2.75, 3.05) is 12.3 Å². The molecular formula is C19H27N3O2S2. The first-order valence-electron chi connectivity index (χ1n) is 9.11. The van der Waals surface area contributed by atoms with Gasteiger partial charge in [-0.25, -0.2) is 9.97 Å². The molecule has 2 N–H and O–H groups in total. The molecule has 5 nitrogen and oxygen atoms in total. The average Bonchev–Trinajstić information content (AvgIpc) is 2.91. The maximum Gasteiger partial charge on any atom is 0.319 e. The number of hydrogen-bond acceptors (Lipinski definition) is 7. The third-order valence-corrected chi connectivity index (χ3v) is 7.13. The topological polar surface area (TPSA) is 78.1 Å². The van der Waals surface area contributed by atoms with Crippen LogP contribution in [0.4, 0.5) is 5.82 Å². The minimum Gasteiger partial charge on any atom is -0.465 e. The number of nitrogen functional groups attached to an aromatic ring is 1. The average molecular weight is 394 g/mol. The first-order valence-corrected chi connectivity index (χ1v) is 10.8. The third kappa shape index (κ3) is 3.83. The summed E-state index contributed by atoms with van der Waals surface area (Å²) in [6, 6.07) is 0. The molecule has 0 spiro atoms. The van der Waals surface area contributed by atoms with Gasteiger partial charge in [0.25, 0.3) is 0 Å². The molecule has 2 aromatic heterocycles. The predicted molar refractivity (Wildman–Crippen MR) is 109 cm³/mol. The normalized spacial score (nSPS) is 18.6. The minimum atomic E-state index is -0.355. The Kier molecular flexibility index (Phi) is 5.49. The van der Waals surface area contributed by atoms with E-state index in [9.17, 15) is 4.79 Å². The molecule has 0 amide bonds. The van der Waals surface area contributed by atoms with Gasteiger partial charge in [0, 0.05) is 4.88 Å². The largest absolute Gasteiger partial charge is 0.465 e. The summed E-state index contributed by atoms with van der Waals surface area (Å²) < 4.78 is 5.06. The van der Waals surface area contributed by atoms with Crippen LogP contribution in [0.1, 0.15) is 51.5 Å². The van der Waals surface area contributed by atoms with E-state index in [-0.39, 0.29) is 11.2 Å². The summed E-state index contributed by atoms with van der Waals surface area (Å²) in [5, 5.41) is 1.21. The maximum absolute atomic E-state index is 11.9. The number of thioether (sulfide) groups is 1. The molecule has 0 fully saturated rings. The number of nitrogens with zero attached hydrogens (tertiary/aromatic N) is 2. The number of thiophene rings is 1. The highest BCUT2D eigenvalue weighted by molar-refractivity contribution is 8.00. The molecule has 0 saturated carbocycles. The molecule has 1 aliphatic carbocycles. The van der Waals surface area contributed by atoms with E-state index in [4.69, 9.17) is 15.5 Å². The van der Waals surface area contributed by atoms with Gasteiger partial charge in [-0.2, -0.15) is 0 Å². The number of carbonyl (C=O) groups excluding carboxylic acids is 1. The van der Waals surface area contributed by atoms with Gasteiger partial charge in [0.2, 0.25) is 0 Å². The Morgan fingerprint density at radius 1 is 1.42 bits per heavy atom. The van der Waals surface area contributed by atoms with E-state index in [2.05, 4.69) is 25.8 Å². The van der Waals surface area contributed by atoms with Crippen LogP contribution in [0.5, 0.6) is 0 Å². The molecule has 1 aliphatic rings. The molecule has 0 radical (unpaired) electrons. The van der Waals surface area contributed by atoms with Crippen molar-refractivity contribution in [1.82, 2.24) is 9.97 Å². The molecular weight excluding hydrogens is 366 g/mol. The molecule has 0 saturated heterocycles. The molecule has 3 rings (SSSR count). The third-order valence-electron chi connectivity index (χ3n) is 5.04.